The summed E-state index contributed by atoms with van der Waals surface area (Å²) in [5.41, 5.74) is 23.3. The Morgan fingerprint density at radius 2 is 0.772 bits per heavy atom. The van der Waals surface area contributed by atoms with Crippen LogP contribution in [0.1, 0.15) is 22.3 Å². The van der Waals surface area contributed by atoms with Crippen molar-refractivity contribution < 1.29 is 0 Å². The van der Waals surface area contributed by atoms with E-state index in [1.165, 1.54) is 93.8 Å². The lowest BCUT2D eigenvalue weighted by atomic mass is 9.67. The molecule has 2 heteroatoms. The second kappa shape index (κ2) is 19.1. The molecule has 0 N–H and O–H groups in total. The van der Waals surface area contributed by atoms with Crippen LogP contribution in [0.4, 0.5) is 17.1 Å². The van der Waals surface area contributed by atoms with Gasteiger partial charge in [-0.3, -0.25) is 0 Å². The van der Waals surface area contributed by atoms with Gasteiger partial charge in [-0.2, -0.15) is 0 Å². The molecule has 0 amide bonds. The predicted molar refractivity (Wildman–Crippen MR) is 332 cm³/mol. The van der Waals surface area contributed by atoms with Crippen LogP contribution < -0.4 is 4.90 Å². The zero-order chi connectivity index (χ0) is 52.3. The van der Waals surface area contributed by atoms with Crippen molar-refractivity contribution in [3.63, 3.8) is 0 Å². The standard InChI is InChI=1S/C77H52N2/c1-4-21-53(22-5-1)57-25-18-26-58(49-57)59-27-19-32-63(50-59)79-75-39-17-14-36-69(75)70-47-45-60(51-76(70)79)54-41-43-56(44-42-54)66-34-13-16-38-73(66)78(74-40-20-24-55-23-10-11-33-65(55)74)64-46-48-68-67-35-12-15-37-71(67)77(72(68)52-64,61-28-6-2-7-29-61)62-30-8-3-9-31-62/h1-52H. The van der Waals surface area contributed by atoms with Gasteiger partial charge in [0.05, 0.1) is 27.8 Å². The van der Waals surface area contributed by atoms with Crippen molar-refractivity contribution >= 4 is 49.6 Å². The first-order valence-corrected chi connectivity index (χ1v) is 27.3. The molecule has 13 aromatic carbocycles. The molecule has 0 spiro atoms. The summed E-state index contributed by atoms with van der Waals surface area (Å²) in [5, 5.41) is 4.85. The van der Waals surface area contributed by atoms with Crippen molar-refractivity contribution in [1.29, 1.82) is 0 Å². The summed E-state index contributed by atoms with van der Waals surface area (Å²) in [5.74, 6) is 0. The second-order valence-corrected chi connectivity index (χ2v) is 20.8. The molecule has 1 aromatic heterocycles. The van der Waals surface area contributed by atoms with E-state index in [2.05, 4.69) is 325 Å². The van der Waals surface area contributed by atoms with Gasteiger partial charge in [-0.05, 0) is 132 Å². The van der Waals surface area contributed by atoms with Crippen LogP contribution >= 0.6 is 0 Å². The van der Waals surface area contributed by atoms with E-state index in [0.717, 1.165) is 39.4 Å². The molecule has 0 saturated carbocycles. The lowest BCUT2D eigenvalue weighted by Crippen LogP contribution is -2.28. The molecule has 14 aromatic rings. The number of anilines is 3. The minimum absolute atomic E-state index is 0.541. The van der Waals surface area contributed by atoms with Crippen molar-refractivity contribution in [2.75, 3.05) is 4.90 Å². The molecule has 2 nitrogen and oxygen atoms in total. The molecule has 1 aliphatic rings. The zero-order valence-electron chi connectivity index (χ0n) is 43.4. The lowest BCUT2D eigenvalue weighted by molar-refractivity contribution is 0.768. The third kappa shape index (κ3) is 7.64. The van der Waals surface area contributed by atoms with Gasteiger partial charge < -0.3 is 9.47 Å². The molecule has 15 rings (SSSR count). The molecule has 79 heavy (non-hydrogen) atoms. The van der Waals surface area contributed by atoms with E-state index in [9.17, 15) is 0 Å². The Kier molecular flexibility index (Phi) is 11.1. The third-order valence-corrected chi connectivity index (χ3v) is 16.5. The van der Waals surface area contributed by atoms with Gasteiger partial charge in [0.15, 0.2) is 0 Å². The first-order chi connectivity index (χ1) is 39.2. The van der Waals surface area contributed by atoms with Crippen LogP contribution in [0.25, 0.3) is 93.9 Å². The number of fused-ring (bicyclic) bond motifs is 7. The zero-order valence-corrected chi connectivity index (χ0v) is 43.4. The first-order valence-electron chi connectivity index (χ1n) is 27.3. The van der Waals surface area contributed by atoms with Crippen molar-refractivity contribution in [1.82, 2.24) is 4.57 Å². The van der Waals surface area contributed by atoms with Gasteiger partial charge >= 0.3 is 0 Å². The fraction of sp³-hybridized carbons (Fsp3) is 0.0130. The van der Waals surface area contributed by atoms with E-state index < -0.39 is 5.41 Å². The third-order valence-electron chi connectivity index (χ3n) is 16.5. The molecule has 1 aliphatic carbocycles. The fourth-order valence-electron chi connectivity index (χ4n) is 12.9. The van der Waals surface area contributed by atoms with Crippen LogP contribution in [0.2, 0.25) is 0 Å². The maximum Gasteiger partial charge on any atom is 0.0714 e. The highest BCUT2D eigenvalue weighted by Gasteiger charge is 2.46. The van der Waals surface area contributed by atoms with Crippen molar-refractivity contribution in [3.8, 4) is 61.3 Å². The Bertz CT molecular complexity index is 4550. The number of benzene rings is 13. The maximum atomic E-state index is 2.50. The van der Waals surface area contributed by atoms with Gasteiger partial charge in [0.2, 0.25) is 0 Å². The molecule has 1 heterocycles. The van der Waals surface area contributed by atoms with E-state index in [1.54, 1.807) is 0 Å². The van der Waals surface area contributed by atoms with Crippen molar-refractivity contribution in [2.45, 2.75) is 5.41 Å². The lowest BCUT2D eigenvalue weighted by Gasteiger charge is -2.35. The van der Waals surface area contributed by atoms with Crippen LogP contribution in [0.3, 0.4) is 0 Å². The summed E-state index contributed by atoms with van der Waals surface area (Å²) in [6.07, 6.45) is 0. The highest BCUT2D eigenvalue weighted by Crippen LogP contribution is 2.58. The molecule has 0 atom stereocenters. The monoisotopic (exact) mass is 1000 g/mol. The van der Waals surface area contributed by atoms with E-state index in [-0.39, 0.29) is 0 Å². The van der Waals surface area contributed by atoms with Crippen LogP contribution in [-0.4, -0.2) is 4.57 Å². The van der Waals surface area contributed by atoms with Crippen molar-refractivity contribution in [2.24, 2.45) is 0 Å². The van der Waals surface area contributed by atoms with Crippen LogP contribution in [0.5, 0.6) is 0 Å². The summed E-state index contributed by atoms with van der Waals surface area (Å²) >= 11 is 0. The van der Waals surface area contributed by atoms with E-state index >= 15 is 0 Å². The largest absolute Gasteiger partial charge is 0.309 e. The highest BCUT2D eigenvalue weighted by molar-refractivity contribution is 6.10. The minimum atomic E-state index is -0.541. The molecule has 0 fully saturated rings. The topological polar surface area (TPSA) is 8.17 Å². The maximum absolute atomic E-state index is 2.50. The van der Waals surface area contributed by atoms with Crippen LogP contribution in [0.15, 0.2) is 315 Å². The molecule has 0 radical (unpaired) electrons. The van der Waals surface area contributed by atoms with Gasteiger partial charge in [0, 0.05) is 33.1 Å². The summed E-state index contributed by atoms with van der Waals surface area (Å²) < 4.78 is 2.44. The smallest absolute Gasteiger partial charge is 0.0714 e. The quantitative estimate of drug-likeness (QED) is 0.133. The van der Waals surface area contributed by atoms with Gasteiger partial charge in [0.1, 0.15) is 0 Å². The Labute approximate surface area is 461 Å². The highest BCUT2D eigenvalue weighted by atomic mass is 15.1. The molecular weight excluding hydrogens is 953 g/mol. The number of hydrogen-bond acceptors (Lipinski definition) is 1. The number of nitrogens with zero attached hydrogens (tertiary/aromatic N) is 2. The number of para-hydroxylation sites is 2. The average Bonchev–Trinajstić information content (AvgIpc) is 4.00. The van der Waals surface area contributed by atoms with Crippen molar-refractivity contribution in [3.05, 3.63) is 338 Å². The Hall–Kier alpha value is -10.3. The molecule has 0 unspecified atom stereocenters. The Morgan fingerprint density at radius 1 is 0.266 bits per heavy atom. The van der Waals surface area contributed by atoms with E-state index in [4.69, 9.17) is 0 Å². The second-order valence-electron chi connectivity index (χ2n) is 20.8. The molecule has 0 aliphatic heterocycles. The van der Waals surface area contributed by atoms with Crippen LogP contribution in [0, 0.1) is 0 Å². The van der Waals surface area contributed by atoms with Gasteiger partial charge in [-0.15, -0.1) is 0 Å². The fourth-order valence-corrected chi connectivity index (χ4v) is 12.9. The molecule has 370 valence electrons. The molecule has 0 saturated heterocycles. The molecule has 0 bridgehead atoms. The van der Waals surface area contributed by atoms with Crippen LogP contribution in [-0.2, 0) is 5.41 Å². The minimum Gasteiger partial charge on any atom is -0.309 e. The summed E-state index contributed by atoms with van der Waals surface area (Å²) in [7, 11) is 0. The Balaban J connectivity index is 0.852. The normalized spacial score (nSPS) is 12.4. The molecular formula is C77H52N2. The SMILES string of the molecule is c1ccc(-c2cccc(-c3cccc(-n4c5ccccc5c5ccc(-c6ccc(-c7ccccc7N(c7ccc8c(c7)C(c7ccccc7)(c7ccccc7)c7ccccc7-8)c7cccc8ccccc78)cc6)cc54)c3)c2)cc1. The average molecular weight is 1010 g/mol. The van der Waals surface area contributed by atoms with E-state index in [1.807, 2.05) is 0 Å². The summed E-state index contributed by atoms with van der Waals surface area (Å²) in [6, 6.07) is 116. The number of hydrogen-bond donors (Lipinski definition) is 0. The van der Waals surface area contributed by atoms with Gasteiger partial charge in [-0.1, -0.05) is 261 Å². The number of rotatable bonds is 10. The predicted octanol–water partition coefficient (Wildman–Crippen LogP) is 20.4. The van der Waals surface area contributed by atoms with E-state index in [0.29, 0.717) is 0 Å². The first kappa shape index (κ1) is 46.1. The Morgan fingerprint density at radius 3 is 1.56 bits per heavy atom. The van der Waals surface area contributed by atoms with Gasteiger partial charge in [0.25, 0.3) is 0 Å². The van der Waals surface area contributed by atoms with Gasteiger partial charge in [-0.25, -0.2) is 0 Å². The number of aromatic nitrogens is 1. The summed E-state index contributed by atoms with van der Waals surface area (Å²) in [4.78, 5) is 2.50. The summed E-state index contributed by atoms with van der Waals surface area (Å²) in [6.45, 7) is 0.